The quantitative estimate of drug-likeness (QED) is 0.0261. The van der Waals surface area contributed by atoms with Crippen molar-refractivity contribution in [2.75, 3.05) is 13.2 Å². The zero-order chi connectivity index (χ0) is 59.9. The van der Waals surface area contributed by atoms with E-state index in [0.717, 1.165) is 57.8 Å². The number of carbonyl (C=O) groups is 3. The Morgan fingerprint density at radius 1 is 0.229 bits per heavy atom. The minimum Gasteiger partial charge on any atom is -0.462 e. The summed E-state index contributed by atoms with van der Waals surface area (Å²) < 4.78 is 17.1. The van der Waals surface area contributed by atoms with E-state index in [1.54, 1.807) is 0 Å². The monoisotopic (exact) mass is 1170 g/mol. The first-order valence-electron chi connectivity index (χ1n) is 37.8. The maximum absolute atomic E-state index is 13.0. The van der Waals surface area contributed by atoms with Gasteiger partial charge in [-0.2, -0.15) is 0 Å². The molecular formula is C77H146O6. The van der Waals surface area contributed by atoms with E-state index in [2.05, 4.69) is 45.1 Å². The van der Waals surface area contributed by atoms with Crippen LogP contribution in [-0.4, -0.2) is 37.2 Å². The number of ether oxygens (including phenoxy) is 3. The van der Waals surface area contributed by atoms with Gasteiger partial charge >= 0.3 is 17.9 Å². The van der Waals surface area contributed by atoms with Gasteiger partial charge in [-0.05, 0) is 70.6 Å². The molecule has 0 aliphatic carbocycles. The Morgan fingerprint density at radius 2 is 0.398 bits per heavy atom. The van der Waals surface area contributed by atoms with E-state index in [4.69, 9.17) is 14.2 Å². The first-order chi connectivity index (χ1) is 41.0. The summed E-state index contributed by atoms with van der Waals surface area (Å²) in [6.07, 6.45) is 89.3. The van der Waals surface area contributed by atoms with Crippen molar-refractivity contribution in [2.45, 2.75) is 438 Å². The molecule has 490 valence electrons. The molecule has 0 aromatic rings. The van der Waals surface area contributed by atoms with E-state index in [1.807, 2.05) is 0 Å². The maximum Gasteiger partial charge on any atom is 0.306 e. The molecule has 0 fully saturated rings. The van der Waals surface area contributed by atoms with Crippen LogP contribution in [0.15, 0.2) is 24.3 Å². The van der Waals surface area contributed by atoms with Crippen LogP contribution >= 0.6 is 0 Å². The van der Waals surface area contributed by atoms with Crippen LogP contribution < -0.4 is 0 Å². The Hall–Kier alpha value is -2.11. The van der Waals surface area contributed by atoms with Crippen molar-refractivity contribution >= 4 is 17.9 Å². The van der Waals surface area contributed by atoms with Gasteiger partial charge in [0.15, 0.2) is 6.10 Å². The predicted octanol–water partition coefficient (Wildman–Crippen LogP) is 26.1. The van der Waals surface area contributed by atoms with Crippen molar-refractivity contribution in [3.63, 3.8) is 0 Å². The summed E-state index contributed by atoms with van der Waals surface area (Å²) in [5.41, 5.74) is 0. The number of carbonyl (C=O) groups excluding carboxylic acids is 3. The molecular weight excluding hydrogens is 1020 g/mol. The largest absolute Gasteiger partial charge is 0.462 e. The minimum absolute atomic E-state index is 0.0662. The van der Waals surface area contributed by atoms with Gasteiger partial charge in [0, 0.05) is 19.3 Å². The number of unbranched alkanes of at least 4 members (excludes halogenated alkanes) is 56. The van der Waals surface area contributed by atoms with Crippen molar-refractivity contribution in [1.82, 2.24) is 0 Å². The number of hydrogen-bond acceptors (Lipinski definition) is 6. The lowest BCUT2D eigenvalue weighted by atomic mass is 10.0. The Kier molecular flexibility index (Phi) is 70.5. The summed E-state index contributed by atoms with van der Waals surface area (Å²) in [5, 5.41) is 0. The average molecular weight is 1170 g/mol. The van der Waals surface area contributed by atoms with Gasteiger partial charge in [0.05, 0.1) is 0 Å². The van der Waals surface area contributed by atoms with Crippen molar-refractivity contribution in [2.24, 2.45) is 0 Å². The number of rotatable bonds is 71. The molecule has 0 saturated heterocycles. The van der Waals surface area contributed by atoms with Crippen LogP contribution in [0, 0.1) is 0 Å². The average Bonchev–Trinajstić information content (AvgIpc) is 3.49. The summed E-state index contributed by atoms with van der Waals surface area (Å²) in [7, 11) is 0. The Balaban J connectivity index is 4.29. The molecule has 0 N–H and O–H groups in total. The molecule has 0 rings (SSSR count). The highest BCUT2D eigenvalue weighted by atomic mass is 16.6. The standard InChI is InChI=1S/C77H146O6/c1-4-7-10-13-16-19-22-25-28-31-34-36-38-40-43-46-49-52-55-58-61-64-67-70-76(79)82-73-74(72-81-75(78)69-66-63-60-57-54-51-48-45-42-33-30-27-24-21-18-15-12-9-6-3)83-77(80)71-68-65-62-59-56-53-50-47-44-41-39-37-35-32-29-26-23-20-17-14-11-8-5-2/h27,30-31,34,74H,4-26,28-29,32-33,35-73H2,1-3H3/b30-27-,34-31-. The fraction of sp³-hybridized carbons (Fsp3) is 0.909. The number of esters is 3. The summed E-state index contributed by atoms with van der Waals surface area (Å²) in [4.78, 5) is 38.6. The van der Waals surface area contributed by atoms with Crippen molar-refractivity contribution in [1.29, 1.82) is 0 Å². The number of allylic oxidation sites excluding steroid dienone is 4. The molecule has 0 spiro atoms. The first-order valence-corrected chi connectivity index (χ1v) is 37.8. The van der Waals surface area contributed by atoms with Crippen LogP contribution in [0.2, 0.25) is 0 Å². The van der Waals surface area contributed by atoms with E-state index in [0.29, 0.717) is 19.3 Å². The van der Waals surface area contributed by atoms with E-state index in [-0.39, 0.29) is 31.1 Å². The molecule has 0 amide bonds. The third-order valence-corrected chi connectivity index (χ3v) is 17.4. The Labute approximate surface area is 519 Å². The third kappa shape index (κ3) is 70.5. The van der Waals surface area contributed by atoms with E-state index in [1.165, 1.54) is 334 Å². The lowest BCUT2D eigenvalue weighted by Gasteiger charge is -2.18. The minimum atomic E-state index is -0.771. The summed E-state index contributed by atoms with van der Waals surface area (Å²) in [6.45, 7) is 6.73. The molecule has 0 saturated carbocycles. The summed E-state index contributed by atoms with van der Waals surface area (Å²) >= 11 is 0. The second kappa shape index (κ2) is 72.4. The second-order valence-electron chi connectivity index (χ2n) is 25.9. The van der Waals surface area contributed by atoms with Gasteiger partial charge in [-0.3, -0.25) is 14.4 Å². The number of hydrogen-bond donors (Lipinski definition) is 0. The highest BCUT2D eigenvalue weighted by molar-refractivity contribution is 5.71. The van der Waals surface area contributed by atoms with Crippen LogP contribution in [0.3, 0.4) is 0 Å². The van der Waals surface area contributed by atoms with Gasteiger partial charge in [-0.1, -0.05) is 366 Å². The van der Waals surface area contributed by atoms with Gasteiger partial charge in [0.25, 0.3) is 0 Å². The SMILES string of the molecule is CCCCCCCC/C=C\CCCCCCCCCCCC(=O)OCC(COC(=O)CCCCCCCCCCCCC/C=C\CCCCCCCCCC)OC(=O)CCCCCCCCCCCCCCCCCCCCCCCCC. The smallest absolute Gasteiger partial charge is 0.306 e. The van der Waals surface area contributed by atoms with E-state index < -0.39 is 6.10 Å². The molecule has 0 heterocycles. The van der Waals surface area contributed by atoms with Gasteiger partial charge < -0.3 is 14.2 Å². The van der Waals surface area contributed by atoms with Crippen LogP contribution in [-0.2, 0) is 28.6 Å². The van der Waals surface area contributed by atoms with Gasteiger partial charge in [0.1, 0.15) is 13.2 Å². The van der Waals surface area contributed by atoms with Crippen molar-refractivity contribution in [3.8, 4) is 0 Å². The molecule has 83 heavy (non-hydrogen) atoms. The van der Waals surface area contributed by atoms with Crippen LogP contribution in [0.1, 0.15) is 432 Å². The zero-order valence-corrected chi connectivity index (χ0v) is 56.5. The summed E-state index contributed by atoms with van der Waals surface area (Å²) in [5.74, 6) is -0.832. The maximum atomic E-state index is 13.0. The fourth-order valence-electron chi connectivity index (χ4n) is 11.7. The van der Waals surface area contributed by atoms with Crippen LogP contribution in [0.25, 0.3) is 0 Å². The molecule has 6 nitrogen and oxygen atoms in total. The molecule has 0 aliphatic heterocycles. The normalized spacial score (nSPS) is 12.1. The highest BCUT2D eigenvalue weighted by Gasteiger charge is 2.20. The van der Waals surface area contributed by atoms with Crippen LogP contribution in [0.4, 0.5) is 0 Å². The van der Waals surface area contributed by atoms with Gasteiger partial charge in [-0.25, -0.2) is 0 Å². The lowest BCUT2D eigenvalue weighted by Crippen LogP contribution is -2.30. The van der Waals surface area contributed by atoms with Crippen molar-refractivity contribution in [3.05, 3.63) is 24.3 Å². The molecule has 1 atom stereocenters. The molecule has 0 radical (unpaired) electrons. The lowest BCUT2D eigenvalue weighted by molar-refractivity contribution is -0.167. The Morgan fingerprint density at radius 3 is 0.602 bits per heavy atom. The van der Waals surface area contributed by atoms with Crippen molar-refractivity contribution < 1.29 is 28.6 Å². The molecule has 0 aromatic heterocycles. The topological polar surface area (TPSA) is 78.9 Å². The third-order valence-electron chi connectivity index (χ3n) is 17.4. The zero-order valence-electron chi connectivity index (χ0n) is 56.5. The van der Waals surface area contributed by atoms with Gasteiger partial charge in [-0.15, -0.1) is 0 Å². The van der Waals surface area contributed by atoms with Crippen LogP contribution in [0.5, 0.6) is 0 Å². The summed E-state index contributed by atoms with van der Waals surface area (Å²) in [6, 6.07) is 0. The second-order valence-corrected chi connectivity index (χ2v) is 25.9. The first kappa shape index (κ1) is 80.9. The molecule has 1 unspecified atom stereocenters. The Bertz CT molecular complexity index is 1340. The highest BCUT2D eigenvalue weighted by Crippen LogP contribution is 2.19. The fourth-order valence-corrected chi connectivity index (χ4v) is 11.7. The molecule has 0 aliphatic rings. The molecule has 6 heteroatoms. The van der Waals surface area contributed by atoms with E-state index in [9.17, 15) is 14.4 Å². The predicted molar refractivity (Wildman–Crippen MR) is 363 cm³/mol. The van der Waals surface area contributed by atoms with E-state index >= 15 is 0 Å². The molecule has 0 aromatic carbocycles. The van der Waals surface area contributed by atoms with Gasteiger partial charge in [0.2, 0.25) is 0 Å². The molecule has 0 bridgehead atoms.